The van der Waals surface area contributed by atoms with Crippen LogP contribution in [-0.2, 0) is 20.9 Å². The van der Waals surface area contributed by atoms with Gasteiger partial charge in [-0.2, -0.15) is 0 Å². The predicted molar refractivity (Wildman–Crippen MR) is 114 cm³/mol. The molecule has 0 bridgehead atoms. The second-order valence-electron chi connectivity index (χ2n) is 7.65. The highest BCUT2D eigenvalue weighted by Crippen LogP contribution is 2.19. The number of amides is 2. The zero-order chi connectivity index (χ0) is 21.4. The number of ether oxygens (including phenoxy) is 2. The van der Waals surface area contributed by atoms with Crippen molar-refractivity contribution >= 4 is 29.3 Å². The van der Waals surface area contributed by atoms with Crippen molar-refractivity contribution in [2.45, 2.75) is 45.9 Å². The summed E-state index contributed by atoms with van der Waals surface area (Å²) in [5, 5.41) is 5.97. The lowest BCUT2D eigenvalue weighted by Crippen LogP contribution is -2.48. The van der Waals surface area contributed by atoms with E-state index < -0.39 is 23.6 Å². The fraction of sp³-hybridized carbons (Fsp3) is 0.364. The Labute approximate surface area is 176 Å². The molecule has 0 saturated carbocycles. The van der Waals surface area contributed by atoms with Crippen LogP contribution in [0.15, 0.2) is 48.5 Å². The van der Waals surface area contributed by atoms with Crippen LogP contribution in [0.25, 0.3) is 0 Å². The Bertz CT molecular complexity index is 834. The van der Waals surface area contributed by atoms with Crippen LogP contribution in [0.4, 0.5) is 10.5 Å². The van der Waals surface area contributed by atoms with Gasteiger partial charge in [-0.3, -0.25) is 4.79 Å². The topological polar surface area (TPSA) is 76.7 Å². The van der Waals surface area contributed by atoms with E-state index in [-0.39, 0.29) is 6.61 Å². The summed E-state index contributed by atoms with van der Waals surface area (Å²) in [4.78, 5) is 24.9. The number of aryl methyl sites for hydroxylation is 1. The Kier molecular flexibility index (Phi) is 8.05. The van der Waals surface area contributed by atoms with E-state index in [4.69, 9.17) is 21.1 Å². The van der Waals surface area contributed by atoms with E-state index in [1.807, 2.05) is 37.3 Å². The van der Waals surface area contributed by atoms with Gasteiger partial charge in [0.05, 0.1) is 13.2 Å². The number of anilines is 1. The molecule has 6 nitrogen and oxygen atoms in total. The van der Waals surface area contributed by atoms with Crippen molar-refractivity contribution in [3.05, 3.63) is 64.7 Å². The van der Waals surface area contributed by atoms with Gasteiger partial charge in [-0.05, 0) is 57.0 Å². The highest BCUT2D eigenvalue weighted by atomic mass is 35.5. The minimum atomic E-state index is -0.926. The fourth-order valence-electron chi connectivity index (χ4n) is 2.45. The van der Waals surface area contributed by atoms with Crippen LogP contribution in [0.3, 0.4) is 0 Å². The van der Waals surface area contributed by atoms with Gasteiger partial charge in [0.1, 0.15) is 11.6 Å². The number of rotatable bonds is 7. The van der Waals surface area contributed by atoms with Crippen LogP contribution in [0.5, 0.6) is 0 Å². The van der Waals surface area contributed by atoms with Gasteiger partial charge in [-0.1, -0.05) is 41.9 Å². The van der Waals surface area contributed by atoms with Gasteiger partial charge in [0.15, 0.2) is 0 Å². The third-order valence-electron chi connectivity index (χ3n) is 3.83. The smallest absolute Gasteiger partial charge is 0.408 e. The van der Waals surface area contributed by atoms with E-state index in [2.05, 4.69) is 10.6 Å². The van der Waals surface area contributed by atoms with Crippen LogP contribution in [0.1, 0.15) is 31.9 Å². The first kappa shape index (κ1) is 22.7. The number of carbonyl (C=O) groups is 2. The van der Waals surface area contributed by atoms with Gasteiger partial charge in [0, 0.05) is 10.7 Å². The molecule has 0 aliphatic carbocycles. The maximum Gasteiger partial charge on any atom is 0.408 e. The monoisotopic (exact) mass is 418 g/mol. The number of alkyl carbamates (subject to hydrolysis) is 1. The number of benzene rings is 2. The average molecular weight is 419 g/mol. The van der Waals surface area contributed by atoms with E-state index in [0.717, 1.165) is 11.1 Å². The molecule has 2 aromatic rings. The third kappa shape index (κ3) is 8.13. The largest absolute Gasteiger partial charge is 0.444 e. The lowest BCUT2D eigenvalue weighted by atomic mass is 10.2. The number of halogens is 1. The second-order valence-corrected chi connectivity index (χ2v) is 8.06. The van der Waals surface area contributed by atoms with Gasteiger partial charge in [-0.15, -0.1) is 0 Å². The van der Waals surface area contributed by atoms with Gasteiger partial charge in [-0.25, -0.2) is 4.79 Å². The standard InChI is InChI=1S/C22H27ClN2O4/c1-15-12-17(10-11-18(15)23)24-20(26)19(25-21(27)29-22(2,3)4)14-28-13-16-8-6-5-7-9-16/h5-12,19H,13-14H2,1-4H3,(H,24,26)(H,25,27)/t19-/m0/s1. The Morgan fingerprint density at radius 3 is 2.41 bits per heavy atom. The summed E-state index contributed by atoms with van der Waals surface area (Å²) in [5.41, 5.74) is 1.71. The molecule has 0 aromatic heterocycles. The molecule has 7 heteroatoms. The second kappa shape index (κ2) is 10.3. The zero-order valence-electron chi connectivity index (χ0n) is 17.1. The van der Waals surface area contributed by atoms with Crippen molar-refractivity contribution in [1.29, 1.82) is 0 Å². The van der Waals surface area contributed by atoms with Gasteiger partial charge >= 0.3 is 6.09 Å². The van der Waals surface area contributed by atoms with Crippen LogP contribution in [0, 0.1) is 6.92 Å². The van der Waals surface area contributed by atoms with Crippen molar-refractivity contribution in [1.82, 2.24) is 5.32 Å². The van der Waals surface area contributed by atoms with Gasteiger partial charge in [0.25, 0.3) is 0 Å². The molecule has 0 unspecified atom stereocenters. The SMILES string of the molecule is Cc1cc(NC(=O)[C@H](COCc2ccccc2)NC(=O)OC(C)(C)C)ccc1Cl. The first-order chi connectivity index (χ1) is 13.6. The normalized spacial score (nSPS) is 12.2. The Balaban J connectivity index is 2.03. The molecule has 0 spiro atoms. The van der Waals surface area contributed by atoms with Gasteiger partial charge in [0.2, 0.25) is 5.91 Å². The summed E-state index contributed by atoms with van der Waals surface area (Å²) in [5.74, 6) is -0.411. The van der Waals surface area contributed by atoms with Crippen molar-refractivity contribution in [3.8, 4) is 0 Å². The zero-order valence-corrected chi connectivity index (χ0v) is 17.9. The van der Waals surface area contributed by atoms with E-state index in [1.165, 1.54) is 0 Å². The van der Waals surface area contributed by atoms with E-state index in [0.29, 0.717) is 17.3 Å². The number of hydrogen-bond donors (Lipinski definition) is 2. The summed E-state index contributed by atoms with van der Waals surface area (Å²) in [7, 11) is 0. The van der Waals surface area contributed by atoms with Crippen LogP contribution >= 0.6 is 11.6 Å². The molecule has 2 N–H and O–H groups in total. The molecule has 2 aromatic carbocycles. The van der Waals surface area contributed by atoms with Crippen molar-refractivity contribution in [3.63, 3.8) is 0 Å². The summed E-state index contributed by atoms with van der Waals surface area (Å²) < 4.78 is 10.9. The molecule has 0 radical (unpaired) electrons. The first-order valence-corrected chi connectivity index (χ1v) is 9.70. The van der Waals surface area contributed by atoms with E-state index >= 15 is 0 Å². The minimum Gasteiger partial charge on any atom is -0.444 e. The van der Waals surface area contributed by atoms with Crippen LogP contribution < -0.4 is 10.6 Å². The van der Waals surface area contributed by atoms with Gasteiger partial charge < -0.3 is 20.1 Å². The van der Waals surface area contributed by atoms with Crippen molar-refractivity contribution in [2.24, 2.45) is 0 Å². The molecule has 0 aliphatic rings. The summed E-state index contributed by atoms with van der Waals surface area (Å²) in [6, 6.07) is 13.8. The maximum absolute atomic E-state index is 12.8. The molecule has 0 saturated heterocycles. The molecule has 0 aliphatic heterocycles. The average Bonchev–Trinajstić information content (AvgIpc) is 2.63. The minimum absolute atomic E-state index is 0.00740. The Morgan fingerprint density at radius 1 is 1.10 bits per heavy atom. The lowest BCUT2D eigenvalue weighted by Gasteiger charge is -2.23. The highest BCUT2D eigenvalue weighted by molar-refractivity contribution is 6.31. The summed E-state index contributed by atoms with van der Waals surface area (Å²) >= 11 is 6.03. The highest BCUT2D eigenvalue weighted by Gasteiger charge is 2.25. The Hall–Kier alpha value is -2.57. The molecule has 1 atom stereocenters. The molecular formula is C22H27ClN2O4. The van der Waals surface area contributed by atoms with Crippen LogP contribution in [0.2, 0.25) is 5.02 Å². The molecule has 2 rings (SSSR count). The molecular weight excluding hydrogens is 392 g/mol. The van der Waals surface area contributed by atoms with Crippen LogP contribution in [-0.4, -0.2) is 30.3 Å². The predicted octanol–water partition coefficient (Wildman–Crippen LogP) is 4.70. The fourth-order valence-corrected chi connectivity index (χ4v) is 2.57. The Morgan fingerprint density at radius 2 is 1.79 bits per heavy atom. The summed E-state index contributed by atoms with van der Waals surface area (Å²) in [6.07, 6.45) is -0.687. The quantitative estimate of drug-likeness (QED) is 0.683. The van der Waals surface area contributed by atoms with Crippen molar-refractivity contribution in [2.75, 3.05) is 11.9 Å². The number of nitrogens with one attached hydrogen (secondary N) is 2. The van der Waals surface area contributed by atoms with E-state index in [1.54, 1.807) is 39.0 Å². The summed E-state index contributed by atoms with van der Waals surface area (Å²) in [6.45, 7) is 7.42. The number of hydrogen-bond acceptors (Lipinski definition) is 4. The first-order valence-electron chi connectivity index (χ1n) is 9.32. The molecule has 156 valence electrons. The lowest BCUT2D eigenvalue weighted by molar-refractivity contribution is -0.119. The third-order valence-corrected chi connectivity index (χ3v) is 4.25. The maximum atomic E-state index is 12.8. The molecule has 0 heterocycles. The molecule has 0 fully saturated rings. The number of carbonyl (C=O) groups excluding carboxylic acids is 2. The van der Waals surface area contributed by atoms with Crippen molar-refractivity contribution < 1.29 is 19.1 Å². The van der Waals surface area contributed by atoms with E-state index in [9.17, 15) is 9.59 Å². The molecule has 2 amide bonds. The molecule has 29 heavy (non-hydrogen) atoms.